The molecule has 0 aromatic rings. The van der Waals surface area contributed by atoms with Crippen LogP contribution in [0.15, 0.2) is 11.6 Å². The summed E-state index contributed by atoms with van der Waals surface area (Å²) in [6, 6.07) is 0. The molecule has 0 unspecified atom stereocenters. The Morgan fingerprint density at radius 3 is 2.48 bits per heavy atom. The van der Waals surface area contributed by atoms with Crippen LogP contribution in [0.4, 0.5) is 0 Å². The first-order valence-electron chi connectivity index (χ1n) is 14.9. The molecule has 3 aliphatic heterocycles. The van der Waals surface area contributed by atoms with E-state index in [0.717, 1.165) is 18.4 Å². The molecule has 0 radical (unpaired) electrons. The van der Waals surface area contributed by atoms with Crippen molar-refractivity contribution in [2.45, 2.75) is 106 Å². The lowest BCUT2D eigenvalue weighted by Crippen LogP contribution is -2.72. The number of rotatable bonds is 3. The highest BCUT2D eigenvalue weighted by Gasteiger charge is 2.72. The topological polar surface area (TPSA) is 175 Å². The number of carbonyl (C=O) groups is 1. The molecule has 0 spiro atoms. The van der Waals surface area contributed by atoms with Crippen LogP contribution in [0, 0.1) is 34.5 Å². The minimum Gasteiger partial charge on any atom is -0.458 e. The maximum atomic E-state index is 12.5. The number of aliphatic hydroxyl groups excluding tert-OH is 4. The van der Waals surface area contributed by atoms with Gasteiger partial charge in [-0.05, 0) is 74.2 Å². The van der Waals surface area contributed by atoms with E-state index in [2.05, 4.69) is 0 Å². The Kier molecular flexibility index (Phi) is 6.35. The van der Waals surface area contributed by atoms with Crippen LogP contribution in [0.2, 0.25) is 0 Å². The fourth-order valence-electron chi connectivity index (χ4n) is 10.4. The third kappa shape index (κ3) is 3.47. The second-order valence-corrected chi connectivity index (χ2v) is 13.8. The van der Waals surface area contributed by atoms with Gasteiger partial charge in [0, 0.05) is 29.9 Å². The van der Waals surface area contributed by atoms with Crippen LogP contribution in [0.5, 0.6) is 0 Å². The van der Waals surface area contributed by atoms with E-state index in [1.165, 1.54) is 6.08 Å². The average molecular weight is 567 g/mol. The summed E-state index contributed by atoms with van der Waals surface area (Å²) in [5, 5.41) is 66.9. The number of cyclic esters (lactones) is 1. The minimum absolute atomic E-state index is 0.00520. The molecule has 4 aliphatic carbocycles. The van der Waals surface area contributed by atoms with Crippen molar-refractivity contribution in [2.75, 3.05) is 19.8 Å². The van der Waals surface area contributed by atoms with Crippen LogP contribution < -0.4 is 0 Å². The molecule has 40 heavy (non-hydrogen) atoms. The Morgan fingerprint density at radius 2 is 1.77 bits per heavy atom. The first-order valence-corrected chi connectivity index (χ1v) is 14.9. The summed E-state index contributed by atoms with van der Waals surface area (Å²) < 4.78 is 23.3. The van der Waals surface area contributed by atoms with E-state index in [-0.39, 0.29) is 55.9 Å². The molecule has 224 valence electrons. The van der Waals surface area contributed by atoms with E-state index in [4.69, 9.17) is 18.9 Å². The van der Waals surface area contributed by atoms with Crippen molar-refractivity contribution in [1.29, 1.82) is 0 Å². The standard InChI is InChI=1S/C29H42O11/c1-26-17(14-6-24(34)37-12-14)4-5-28(26,35)18-3-2-15-7-20-21(10-27(15,13-31)19(18)9-22(26)32)40-29(36)23(33)8-16(11-30)38-25(29)39-20/h6,15-23,25,30-33,35-36H,2-5,7-13H2,1H3/t15-,16-,17+,18+,19-,20+,21+,22+,23+,25-,26-,27+,28+,29-/m0/s1. The molecular weight excluding hydrogens is 524 g/mol. The summed E-state index contributed by atoms with van der Waals surface area (Å²) in [4.78, 5) is 11.9. The van der Waals surface area contributed by atoms with Crippen LogP contribution in [0.25, 0.3) is 0 Å². The number of esters is 1. The highest BCUT2D eigenvalue weighted by atomic mass is 16.8. The molecule has 11 nitrogen and oxygen atoms in total. The number of aliphatic hydroxyl groups is 6. The molecule has 11 heteroatoms. The SMILES string of the molecule is C[C@]12[C@H](O)C[C@H]3[C@@H](CC[C@H]4C[C@H]5O[C@@H]6O[C@H](CO)C[C@@H](O)[C@]6(O)O[C@@H]5C[C@@]43CO)[C@]1(O)CC[C@@H]2C1=CC(=O)OC1. The largest absolute Gasteiger partial charge is 0.458 e. The van der Waals surface area contributed by atoms with Gasteiger partial charge in [0.05, 0.1) is 36.6 Å². The van der Waals surface area contributed by atoms with E-state index in [0.29, 0.717) is 32.1 Å². The molecule has 3 heterocycles. The van der Waals surface area contributed by atoms with Gasteiger partial charge in [-0.2, -0.15) is 0 Å². The molecule has 0 bridgehead atoms. The third-order valence-corrected chi connectivity index (χ3v) is 12.5. The first kappa shape index (κ1) is 27.7. The third-order valence-electron chi connectivity index (χ3n) is 12.5. The van der Waals surface area contributed by atoms with Crippen LogP contribution in [0.1, 0.15) is 58.3 Å². The van der Waals surface area contributed by atoms with Crippen LogP contribution in [-0.4, -0.2) is 105 Å². The first-order chi connectivity index (χ1) is 19.0. The smallest absolute Gasteiger partial charge is 0.331 e. The van der Waals surface area contributed by atoms with Gasteiger partial charge in [-0.3, -0.25) is 0 Å². The summed E-state index contributed by atoms with van der Waals surface area (Å²) in [7, 11) is 0. The molecule has 7 aliphatic rings. The lowest BCUT2D eigenvalue weighted by atomic mass is 9.42. The highest BCUT2D eigenvalue weighted by Crippen LogP contribution is 2.70. The van der Waals surface area contributed by atoms with Crippen molar-refractivity contribution < 1.29 is 54.4 Å². The molecule has 0 amide bonds. The molecule has 6 N–H and O–H groups in total. The molecule has 0 aromatic carbocycles. The van der Waals surface area contributed by atoms with Crippen LogP contribution in [0.3, 0.4) is 0 Å². The predicted molar refractivity (Wildman–Crippen MR) is 135 cm³/mol. The van der Waals surface area contributed by atoms with E-state index in [9.17, 15) is 35.4 Å². The van der Waals surface area contributed by atoms with Crippen LogP contribution in [-0.2, 0) is 23.7 Å². The number of ether oxygens (including phenoxy) is 4. The fourth-order valence-corrected chi connectivity index (χ4v) is 10.4. The molecule has 14 atom stereocenters. The predicted octanol–water partition coefficient (Wildman–Crippen LogP) is -0.263. The summed E-state index contributed by atoms with van der Waals surface area (Å²) in [6.45, 7) is 1.67. The number of carbonyl (C=O) groups excluding carboxylic acids is 1. The average Bonchev–Trinajstić information content (AvgIpc) is 3.48. The highest BCUT2D eigenvalue weighted by molar-refractivity contribution is 5.85. The second-order valence-electron chi connectivity index (χ2n) is 13.8. The Balaban J connectivity index is 1.19. The quantitative estimate of drug-likeness (QED) is 0.196. The van der Waals surface area contributed by atoms with E-state index in [1.54, 1.807) is 0 Å². The van der Waals surface area contributed by atoms with Crippen molar-refractivity contribution in [3.05, 3.63) is 11.6 Å². The normalized spacial score (nSPS) is 57.2. The minimum atomic E-state index is -2.10. The number of fused-ring (bicyclic) bond motifs is 7. The van der Waals surface area contributed by atoms with Gasteiger partial charge in [0.25, 0.3) is 0 Å². The fraction of sp³-hybridized carbons (Fsp3) is 0.897. The lowest BCUT2D eigenvalue weighted by molar-refractivity contribution is -0.461. The van der Waals surface area contributed by atoms with Gasteiger partial charge in [0.15, 0.2) is 0 Å². The van der Waals surface area contributed by atoms with E-state index < -0.39 is 59.0 Å². The van der Waals surface area contributed by atoms with Crippen molar-refractivity contribution >= 4 is 5.97 Å². The summed E-state index contributed by atoms with van der Waals surface area (Å²) in [5.41, 5.74) is -1.88. The van der Waals surface area contributed by atoms with Crippen molar-refractivity contribution in [3.63, 3.8) is 0 Å². The van der Waals surface area contributed by atoms with Gasteiger partial charge >= 0.3 is 5.97 Å². The zero-order valence-electron chi connectivity index (χ0n) is 22.9. The molecule has 7 rings (SSSR count). The van der Waals surface area contributed by atoms with Gasteiger partial charge in [0.2, 0.25) is 12.1 Å². The molecule has 6 fully saturated rings. The van der Waals surface area contributed by atoms with Gasteiger partial charge in [-0.15, -0.1) is 0 Å². The zero-order chi connectivity index (χ0) is 28.2. The maximum Gasteiger partial charge on any atom is 0.331 e. The summed E-state index contributed by atoms with van der Waals surface area (Å²) in [5.74, 6) is -2.97. The Labute approximate surface area is 233 Å². The van der Waals surface area contributed by atoms with Gasteiger partial charge in [-0.25, -0.2) is 4.79 Å². The molecule has 0 aromatic heterocycles. The van der Waals surface area contributed by atoms with E-state index in [1.807, 2.05) is 6.92 Å². The Hall–Kier alpha value is -1.15. The maximum absolute atomic E-state index is 12.5. The summed E-state index contributed by atoms with van der Waals surface area (Å²) in [6.07, 6.45) is 0.297. The Morgan fingerprint density at radius 1 is 0.975 bits per heavy atom. The van der Waals surface area contributed by atoms with Gasteiger partial charge in [0.1, 0.15) is 12.7 Å². The monoisotopic (exact) mass is 566 g/mol. The van der Waals surface area contributed by atoms with Crippen molar-refractivity contribution in [3.8, 4) is 0 Å². The lowest BCUT2D eigenvalue weighted by Gasteiger charge is -2.66. The summed E-state index contributed by atoms with van der Waals surface area (Å²) >= 11 is 0. The van der Waals surface area contributed by atoms with E-state index >= 15 is 0 Å². The van der Waals surface area contributed by atoms with Crippen molar-refractivity contribution in [1.82, 2.24) is 0 Å². The zero-order valence-corrected chi connectivity index (χ0v) is 22.9. The molecule has 2 saturated heterocycles. The molecule has 4 saturated carbocycles. The molecular formula is C29H42O11. The number of hydrogen-bond donors (Lipinski definition) is 6. The Bertz CT molecular complexity index is 1080. The van der Waals surface area contributed by atoms with Gasteiger partial charge < -0.3 is 49.6 Å². The van der Waals surface area contributed by atoms with Gasteiger partial charge in [-0.1, -0.05) is 6.92 Å². The van der Waals surface area contributed by atoms with Crippen LogP contribution >= 0.6 is 0 Å². The van der Waals surface area contributed by atoms with Crippen molar-refractivity contribution in [2.24, 2.45) is 34.5 Å². The number of hydrogen-bond acceptors (Lipinski definition) is 11. The second kappa shape index (κ2) is 9.17.